The van der Waals surface area contributed by atoms with Gasteiger partial charge in [0.1, 0.15) is 5.76 Å². The van der Waals surface area contributed by atoms with E-state index in [0.29, 0.717) is 11.7 Å². The van der Waals surface area contributed by atoms with Crippen molar-refractivity contribution < 1.29 is 9.21 Å². The second kappa shape index (κ2) is 9.87. The number of aryl methyl sites for hydroxylation is 1. The molecule has 164 valence electrons. The van der Waals surface area contributed by atoms with Crippen LogP contribution in [0.2, 0.25) is 0 Å². The summed E-state index contributed by atoms with van der Waals surface area (Å²) in [6.07, 6.45) is 1.65. The first-order chi connectivity index (χ1) is 15.5. The number of hydrogen-bond donors (Lipinski definition) is 1. The van der Waals surface area contributed by atoms with Crippen LogP contribution in [0.4, 0.5) is 0 Å². The van der Waals surface area contributed by atoms with Crippen molar-refractivity contribution in [2.75, 3.05) is 0 Å². The molecule has 0 aliphatic carbocycles. The fourth-order valence-electron chi connectivity index (χ4n) is 3.47. The van der Waals surface area contributed by atoms with Crippen LogP contribution in [-0.4, -0.2) is 25.9 Å². The SMILES string of the molecule is Cc1occc1-c1nnc(SC(C)C(=O)NC(C)c2ccccc2)n1Cc1ccccc1. The smallest absolute Gasteiger partial charge is 0.233 e. The molecule has 32 heavy (non-hydrogen) atoms. The molecule has 6 nitrogen and oxygen atoms in total. The molecule has 2 aromatic heterocycles. The molecule has 4 aromatic rings. The first kappa shape index (κ1) is 21.9. The lowest BCUT2D eigenvalue weighted by molar-refractivity contribution is -0.120. The van der Waals surface area contributed by atoms with Gasteiger partial charge in [-0.05, 0) is 38.0 Å². The third kappa shape index (κ3) is 4.94. The van der Waals surface area contributed by atoms with E-state index in [2.05, 4.69) is 27.6 Å². The Kier molecular flexibility index (Phi) is 6.75. The van der Waals surface area contributed by atoms with Gasteiger partial charge in [-0.3, -0.25) is 9.36 Å². The van der Waals surface area contributed by atoms with Gasteiger partial charge in [-0.1, -0.05) is 72.4 Å². The summed E-state index contributed by atoms with van der Waals surface area (Å²) in [5, 5.41) is 12.3. The standard InChI is InChI=1S/C25H26N4O2S/c1-17(21-12-8-5-9-13-21)26-24(30)19(3)32-25-28-27-23(22-14-15-31-18(22)2)29(25)16-20-10-6-4-7-11-20/h4-15,17,19H,16H2,1-3H3,(H,26,30). The number of nitrogens with one attached hydrogen (secondary N) is 1. The number of carbonyl (C=O) groups is 1. The van der Waals surface area contributed by atoms with E-state index in [4.69, 9.17) is 4.42 Å². The molecule has 4 rings (SSSR count). The maximum atomic E-state index is 12.9. The molecule has 2 atom stereocenters. The van der Waals surface area contributed by atoms with E-state index in [9.17, 15) is 4.79 Å². The minimum atomic E-state index is -0.335. The largest absolute Gasteiger partial charge is 0.469 e. The maximum Gasteiger partial charge on any atom is 0.233 e. The topological polar surface area (TPSA) is 72.9 Å². The van der Waals surface area contributed by atoms with E-state index in [1.54, 1.807) is 6.26 Å². The predicted molar refractivity (Wildman–Crippen MR) is 126 cm³/mol. The number of carbonyl (C=O) groups excluding carboxylic acids is 1. The van der Waals surface area contributed by atoms with Crippen LogP contribution in [0, 0.1) is 6.92 Å². The molecule has 0 spiro atoms. The molecule has 0 saturated carbocycles. The molecule has 7 heteroatoms. The minimum absolute atomic E-state index is 0.0401. The highest BCUT2D eigenvalue weighted by molar-refractivity contribution is 8.00. The minimum Gasteiger partial charge on any atom is -0.469 e. The van der Waals surface area contributed by atoms with Crippen LogP contribution in [0.15, 0.2) is 82.6 Å². The van der Waals surface area contributed by atoms with Gasteiger partial charge in [-0.25, -0.2) is 0 Å². The molecule has 1 amide bonds. The fourth-order valence-corrected chi connectivity index (χ4v) is 4.33. The highest BCUT2D eigenvalue weighted by Crippen LogP contribution is 2.30. The molecule has 2 heterocycles. The average Bonchev–Trinajstić information content (AvgIpc) is 3.40. The Labute approximate surface area is 192 Å². The number of hydrogen-bond acceptors (Lipinski definition) is 5. The Hall–Kier alpha value is -3.32. The number of nitrogens with zero attached hydrogens (tertiary/aromatic N) is 3. The van der Waals surface area contributed by atoms with Gasteiger partial charge in [0.15, 0.2) is 11.0 Å². The van der Waals surface area contributed by atoms with Gasteiger partial charge >= 0.3 is 0 Å². The Bertz CT molecular complexity index is 1170. The van der Waals surface area contributed by atoms with Gasteiger partial charge < -0.3 is 9.73 Å². The second-order valence-electron chi connectivity index (χ2n) is 7.67. The number of aromatic nitrogens is 3. The van der Waals surface area contributed by atoms with Crippen molar-refractivity contribution in [3.05, 3.63) is 89.9 Å². The van der Waals surface area contributed by atoms with E-state index in [-0.39, 0.29) is 17.2 Å². The maximum absolute atomic E-state index is 12.9. The molecule has 0 fully saturated rings. The molecule has 0 radical (unpaired) electrons. The zero-order valence-electron chi connectivity index (χ0n) is 18.4. The summed E-state index contributed by atoms with van der Waals surface area (Å²) in [5.41, 5.74) is 3.10. The lowest BCUT2D eigenvalue weighted by atomic mass is 10.1. The summed E-state index contributed by atoms with van der Waals surface area (Å²) in [6, 6.07) is 21.9. The Balaban J connectivity index is 1.55. The van der Waals surface area contributed by atoms with Crippen LogP contribution in [-0.2, 0) is 11.3 Å². The highest BCUT2D eigenvalue weighted by atomic mass is 32.2. The lowest BCUT2D eigenvalue weighted by Gasteiger charge is -2.18. The van der Waals surface area contributed by atoms with Gasteiger partial charge in [0.2, 0.25) is 5.91 Å². The van der Waals surface area contributed by atoms with Crippen molar-refractivity contribution in [2.24, 2.45) is 0 Å². The number of benzene rings is 2. The molecule has 0 aliphatic rings. The predicted octanol–water partition coefficient (Wildman–Crippen LogP) is 5.25. The molecule has 0 saturated heterocycles. The van der Waals surface area contributed by atoms with E-state index in [1.165, 1.54) is 11.8 Å². The van der Waals surface area contributed by atoms with Gasteiger partial charge in [-0.2, -0.15) is 0 Å². The van der Waals surface area contributed by atoms with Crippen molar-refractivity contribution in [3.8, 4) is 11.4 Å². The number of thioether (sulfide) groups is 1. The van der Waals surface area contributed by atoms with Crippen molar-refractivity contribution >= 4 is 17.7 Å². The number of rotatable bonds is 8. The van der Waals surface area contributed by atoms with Crippen LogP contribution in [0.5, 0.6) is 0 Å². The van der Waals surface area contributed by atoms with Crippen LogP contribution in [0.3, 0.4) is 0 Å². The van der Waals surface area contributed by atoms with Crippen molar-refractivity contribution in [3.63, 3.8) is 0 Å². The molecule has 0 bridgehead atoms. The van der Waals surface area contributed by atoms with Crippen molar-refractivity contribution in [2.45, 2.75) is 43.8 Å². The second-order valence-corrected chi connectivity index (χ2v) is 8.98. The quantitative estimate of drug-likeness (QED) is 0.374. The van der Waals surface area contributed by atoms with Crippen molar-refractivity contribution in [1.29, 1.82) is 0 Å². The van der Waals surface area contributed by atoms with Crippen LogP contribution in [0.25, 0.3) is 11.4 Å². The summed E-state index contributed by atoms with van der Waals surface area (Å²) >= 11 is 1.41. The van der Waals surface area contributed by atoms with Gasteiger partial charge in [0.05, 0.1) is 29.7 Å². The third-order valence-electron chi connectivity index (χ3n) is 5.31. The van der Waals surface area contributed by atoms with Gasteiger partial charge in [0, 0.05) is 0 Å². The van der Waals surface area contributed by atoms with E-state index >= 15 is 0 Å². The monoisotopic (exact) mass is 446 g/mol. The molecule has 2 aromatic carbocycles. The summed E-state index contributed by atoms with van der Waals surface area (Å²) in [6.45, 7) is 6.39. The van der Waals surface area contributed by atoms with Crippen molar-refractivity contribution in [1.82, 2.24) is 20.1 Å². The van der Waals surface area contributed by atoms with Crippen LogP contribution in [0.1, 0.15) is 36.8 Å². The van der Waals surface area contributed by atoms with E-state index < -0.39 is 0 Å². The summed E-state index contributed by atoms with van der Waals surface area (Å²) in [7, 11) is 0. The average molecular weight is 447 g/mol. The number of amides is 1. The molecule has 0 aliphatic heterocycles. The summed E-state index contributed by atoms with van der Waals surface area (Å²) < 4.78 is 7.53. The normalized spacial score (nSPS) is 13.0. The third-order valence-corrected chi connectivity index (χ3v) is 6.39. The zero-order valence-corrected chi connectivity index (χ0v) is 19.2. The Morgan fingerprint density at radius 3 is 2.38 bits per heavy atom. The number of furan rings is 1. The fraction of sp³-hybridized carbons (Fsp3) is 0.240. The van der Waals surface area contributed by atoms with Gasteiger partial charge in [-0.15, -0.1) is 10.2 Å². The first-order valence-corrected chi connectivity index (χ1v) is 11.4. The van der Waals surface area contributed by atoms with E-state index in [0.717, 1.165) is 28.3 Å². The molecular formula is C25H26N4O2S. The Morgan fingerprint density at radius 1 is 1.03 bits per heavy atom. The first-order valence-electron chi connectivity index (χ1n) is 10.6. The Morgan fingerprint density at radius 2 is 1.72 bits per heavy atom. The molecular weight excluding hydrogens is 420 g/mol. The molecule has 2 unspecified atom stereocenters. The van der Waals surface area contributed by atoms with E-state index in [1.807, 2.05) is 79.9 Å². The summed E-state index contributed by atoms with van der Waals surface area (Å²) in [5.74, 6) is 1.47. The highest BCUT2D eigenvalue weighted by Gasteiger charge is 2.23. The zero-order chi connectivity index (χ0) is 22.5. The van der Waals surface area contributed by atoms with Crippen LogP contribution < -0.4 is 5.32 Å². The van der Waals surface area contributed by atoms with Crippen LogP contribution >= 0.6 is 11.8 Å². The summed E-state index contributed by atoms with van der Waals surface area (Å²) in [4.78, 5) is 12.9. The molecule has 1 N–H and O–H groups in total. The lowest BCUT2D eigenvalue weighted by Crippen LogP contribution is -2.33. The van der Waals surface area contributed by atoms with Gasteiger partial charge in [0.25, 0.3) is 0 Å².